The second-order valence-corrected chi connectivity index (χ2v) is 11.1. The topological polar surface area (TPSA) is 92.2 Å². The summed E-state index contributed by atoms with van der Waals surface area (Å²) in [6, 6.07) is 12.4. The fourth-order valence-electron chi connectivity index (χ4n) is 6.22. The molecule has 2 fully saturated rings. The van der Waals surface area contributed by atoms with E-state index in [-0.39, 0.29) is 17.7 Å². The average Bonchev–Trinajstić information content (AvgIpc) is 3.60. The fraction of sp³-hybridized carbons (Fsp3) is 0.467. The number of benzene rings is 2. The monoisotopic (exact) mass is 527 g/mol. The van der Waals surface area contributed by atoms with Gasteiger partial charge in [-0.3, -0.25) is 9.69 Å². The largest absolute Gasteiger partial charge is 0.376 e. The van der Waals surface area contributed by atoms with Gasteiger partial charge >= 0.3 is 0 Å². The molecule has 0 amide bonds. The zero-order valence-electron chi connectivity index (χ0n) is 23.3. The van der Waals surface area contributed by atoms with Crippen molar-refractivity contribution in [3.63, 3.8) is 0 Å². The lowest BCUT2D eigenvalue weighted by atomic mass is 10.00. The van der Waals surface area contributed by atoms with Crippen molar-refractivity contribution in [3.05, 3.63) is 80.4 Å². The molecule has 4 heterocycles. The van der Waals surface area contributed by atoms with Gasteiger partial charge in [-0.1, -0.05) is 23.8 Å². The molecule has 2 aliphatic heterocycles. The number of pyridine rings is 1. The molecule has 0 radical (unpaired) electrons. The highest BCUT2D eigenvalue weighted by molar-refractivity contribution is 5.83. The van der Waals surface area contributed by atoms with E-state index in [1.165, 1.54) is 22.4 Å². The Labute approximate surface area is 228 Å². The molecular formula is C30H37N7O2. The van der Waals surface area contributed by atoms with Crippen LogP contribution >= 0.6 is 0 Å². The van der Waals surface area contributed by atoms with Gasteiger partial charge in [-0.2, -0.15) is 0 Å². The first kappa shape index (κ1) is 25.7. The normalized spacial score (nSPS) is 19.2. The van der Waals surface area contributed by atoms with Gasteiger partial charge in [0, 0.05) is 44.0 Å². The molecule has 2 saturated heterocycles. The molecule has 6 rings (SSSR count). The Balaban J connectivity index is 1.38. The van der Waals surface area contributed by atoms with Crippen molar-refractivity contribution in [1.82, 2.24) is 30.1 Å². The molecule has 4 aromatic rings. The summed E-state index contributed by atoms with van der Waals surface area (Å²) in [6.45, 7) is 13.1. The Hall–Kier alpha value is -3.56. The van der Waals surface area contributed by atoms with Crippen LogP contribution in [0.15, 0.2) is 41.2 Å². The van der Waals surface area contributed by atoms with Crippen molar-refractivity contribution in [2.24, 2.45) is 0 Å². The number of hydrogen-bond acceptors (Lipinski definition) is 7. The average molecular weight is 528 g/mol. The van der Waals surface area contributed by atoms with E-state index in [0.29, 0.717) is 17.9 Å². The van der Waals surface area contributed by atoms with Crippen LogP contribution in [-0.4, -0.2) is 69.0 Å². The number of aromatic nitrogens is 5. The first-order valence-electron chi connectivity index (χ1n) is 14.0. The van der Waals surface area contributed by atoms with Gasteiger partial charge in [-0.15, -0.1) is 5.10 Å². The Morgan fingerprint density at radius 3 is 2.64 bits per heavy atom. The summed E-state index contributed by atoms with van der Waals surface area (Å²) >= 11 is 0. The molecule has 2 aromatic carbocycles. The van der Waals surface area contributed by atoms with E-state index in [4.69, 9.17) is 4.74 Å². The lowest BCUT2D eigenvalue weighted by Crippen LogP contribution is -2.49. The predicted molar refractivity (Wildman–Crippen MR) is 152 cm³/mol. The maximum Gasteiger partial charge on any atom is 0.253 e. The van der Waals surface area contributed by atoms with Crippen LogP contribution in [0.4, 0.5) is 5.69 Å². The van der Waals surface area contributed by atoms with Gasteiger partial charge in [-0.05, 0) is 91.2 Å². The molecule has 9 nitrogen and oxygen atoms in total. The van der Waals surface area contributed by atoms with Gasteiger partial charge in [-0.25, -0.2) is 4.68 Å². The fourth-order valence-corrected chi connectivity index (χ4v) is 6.22. The molecule has 2 aliphatic rings. The van der Waals surface area contributed by atoms with Gasteiger partial charge in [0.2, 0.25) is 0 Å². The second kappa shape index (κ2) is 10.5. The number of piperazine rings is 1. The maximum absolute atomic E-state index is 13.7. The number of hydrogen-bond donors (Lipinski definition) is 1. The number of H-pyrrole nitrogens is 1. The molecule has 1 N–H and O–H groups in total. The van der Waals surface area contributed by atoms with Gasteiger partial charge in [0.15, 0.2) is 5.82 Å². The highest BCUT2D eigenvalue weighted by Crippen LogP contribution is 2.31. The number of fused-ring (bicyclic) bond motifs is 1. The molecule has 0 bridgehead atoms. The minimum absolute atomic E-state index is 0.0919. The smallest absolute Gasteiger partial charge is 0.253 e. The molecule has 0 unspecified atom stereocenters. The number of ether oxygens (including phenoxy) is 1. The molecule has 9 heteroatoms. The summed E-state index contributed by atoms with van der Waals surface area (Å²) in [5.41, 5.74) is 7.60. The van der Waals surface area contributed by atoms with Crippen LogP contribution in [0.1, 0.15) is 52.5 Å². The van der Waals surface area contributed by atoms with Gasteiger partial charge in [0.1, 0.15) is 6.04 Å². The SMILES string of the molecule is Cc1cc(C)c2[nH]c(=O)c([C@H](c3nnnn3C[C@H]3CCCO3)N3CCN(c4cccc(C)c4C)CC3)cc2c1. The Kier molecular flexibility index (Phi) is 6.95. The first-order chi connectivity index (χ1) is 18.9. The first-order valence-corrected chi connectivity index (χ1v) is 14.0. The number of rotatable bonds is 6. The summed E-state index contributed by atoms with van der Waals surface area (Å²) < 4.78 is 7.75. The third-order valence-electron chi connectivity index (χ3n) is 8.42. The minimum atomic E-state index is -0.365. The molecule has 0 spiro atoms. The van der Waals surface area contributed by atoms with Crippen molar-refractivity contribution in [1.29, 1.82) is 0 Å². The van der Waals surface area contributed by atoms with Crippen LogP contribution in [0.2, 0.25) is 0 Å². The van der Waals surface area contributed by atoms with Crippen LogP contribution in [0.25, 0.3) is 10.9 Å². The Morgan fingerprint density at radius 1 is 1.05 bits per heavy atom. The van der Waals surface area contributed by atoms with E-state index < -0.39 is 0 Å². The minimum Gasteiger partial charge on any atom is -0.376 e. The second-order valence-electron chi connectivity index (χ2n) is 11.1. The van der Waals surface area contributed by atoms with Crippen molar-refractivity contribution in [2.45, 2.75) is 59.2 Å². The van der Waals surface area contributed by atoms with Gasteiger partial charge in [0.05, 0.1) is 18.2 Å². The van der Waals surface area contributed by atoms with Crippen LogP contribution in [-0.2, 0) is 11.3 Å². The van der Waals surface area contributed by atoms with E-state index in [1.807, 2.05) is 17.7 Å². The molecule has 0 saturated carbocycles. The Morgan fingerprint density at radius 2 is 1.87 bits per heavy atom. The van der Waals surface area contributed by atoms with Crippen LogP contribution in [0.5, 0.6) is 0 Å². The van der Waals surface area contributed by atoms with Gasteiger partial charge in [0.25, 0.3) is 5.56 Å². The summed E-state index contributed by atoms with van der Waals surface area (Å²) in [6.07, 6.45) is 2.14. The number of aromatic amines is 1. The van der Waals surface area contributed by atoms with E-state index in [0.717, 1.165) is 62.1 Å². The van der Waals surface area contributed by atoms with Crippen molar-refractivity contribution >= 4 is 16.6 Å². The maximum atomic E-state index is 13.7. The van der Waals surface area contributed by atoms with Crippen LogP contribution in [0.3, 0.4) is 0 Å². The molecule has 2 atom stereocenters. The van der Waals surface area contributed by atoms with E-state index in [2.05, 4.69) is 81.4 Å². The van der Waals surface area contributed by atoms with Crippen LogP contribution in [0, 0.1) is 27.7 Å². The highest BCUT2D eigenvalue weighted by Gasteiger charge is 2.34. The highest BCUT2D eigenvalue weighted by atomic mass is 16.5. The predicted octanol–water partition coefficient (Wildman–Crippen LogP) is 3.84. The van der Waals surface area contributed by atoms with E-state index >= 15 is 0 Å². The number of aryl methyl sites for hydroxylation is 3. The molecule has 2 aromatic heterocycles. The Bertz CT molecular complexity index is 1540. The number of anilines is 1. The van der Waals surface area contributed by atoms with Crippen molar-refractivity contribution in [3.8, 4) is 0 Å². The summed E-state index contributed by atoms with van der Waals surface area (Å²) in [5.74, 6) is 0.694. The zero-order chi connectivity index (χ0) is 27.1. The lowest BCUT2D eigenvalue weighted by molar-refractivity contribution is 0.0906. The summed E-state index contributed by atoms with van der Waals surface area (Å²) in [4.78, 5) is 21.7. The zero-order valence-corrected chi connectivity index (χ0v) is 23.3. The molecule has 39 heavy (non-hydrogen) atoms. The summed E-state index contributed by atoms with van der Waals surface area (Å²) in [5, 5.41) is 14.0. The third kappa shape index (κ3) is 4.96. The molecular weight excluding hydrogens is 490 g/mol. The third-order valence-corrected chi connectivity index (χ3v) is 8.42. The number of nitrogens with zero attached hydrogens (tertiary/aromatic N) is 6. The van der Waals surface area contributed by atoms with Crippen molar-refractivity contribution in [2.75, 3.05) is 37.7 Å². The standard InChI is InChI=1S/C30H37N7O2/c1-19-15-21(3)27-23(16-19)17-25(30(38)31-27)28(29-32-33-34-37(29)18-24-8-6-14-39-24)36-12-10-35(11-13-36)26-9-5-7-20(2)22(26)4/h5,7,9,15-17,24,28H,6,8,10-14,18H2,1-4H3,(H,31,38)/t24-,28-/m1/s1. The van der Waals surface area contributed by atoms with Crippen molar-refractivity contribution < 1.29 is 4.74 Å². The lowest BCUT2D eigenvalue weighted by Gasteiger charge is -2.40. The number of tetrazole rings is 1. The summed E-state index contributed by atoms with van der Waals surface area (Å²) in [7, 11) is 0. The molecule has 0 aliphatic carbocycles. The number of nitrogens with one attached hydrogen (secondary N) is 1. The van der Waals surface area contributed by atoms with E-state index in [1.54, 1.807) is 0 Å². The quantitative estimate of drug-likeness (QED) is 0.407. The van der Waals surface area contributed by atoms with E-state index in [9.17, 15) is 4.79 Å². The van der Waals surface area contributed by atoms with Crippen LogP contribution < -0.4 is 10.5 Å². The van der Waals surface area contributed by atoms with Gasteiger partial charge < -0.3 is 14.6 Å². The molecule has 204 valence electrons.